The van der Waals surface area contributed by atoms with Gasteiger partial charge in [-0.15, -0.1) is 0 Å². The van der Waals surface area contributed by atoms with Gasteiger partial charge in [0, 0.05) is 10.9 Å². The van der Waals surface area contributed by atoms with E-state index in [0.29, 0.717) is 5.56 Å². The normalized spacial score (nSPS) is 10.7. The lowest BCUT2D eigenvalue weighted by Crippen LogP contribution is -2.04. The van der Waals surface area contributed by atoms with Crippen molar-refractivity contribution in [3.63, 3.8) is 0 Å². The van der Waals surface area contributed by atoms with Gasteiger partial charge in [0.1, 0.15) is 11.4 Å². The summed E-state index contributed by atoms with van der Waals surface area (Å²) in [6.45, 7) is 0. The average Bonchev–Trinajstić information content (AvgIpc) is 2.59. The average molecular weight is 328 g/mol. The summed E-state index contributed by atoms with van der Waals surface area (Å²) in [4.78, 5) is 20.6. The quantitative estimate of drug-likeness (QED) is 0.405. The molecule has 0 aliphatic rings. The number of thioether (sulfide) groups is 1. The van der Waals surface area contributed by atoms with Crippen LogP contribution in [0.4, 0.5) is 4.39 Å². The summed E-state index contributed by atoms with van der Waals surface area (Å²) in [6.07, 6.45) is 1.47. The highest BCUT2D eigenvalue weighted by Gasteiger charge is 2.12. The number of carbonyl (C=O) groups is 1. The lowest BCUT2D eigenvalue weighted by atomic mass is 10.1. The van der Waals surface area contributed by atoms with Gasteiger partial charge in [-0.25, -0.2) is 14.4 Å². The van der Waals surface area contributed by atoms with Gasteiger partial charge < -0.3 is 4.74 Å². The molecule has 0 N–H and O–H groups in total. The fourth-order valence-electron chi connectivity index (χ4n) is 2.15. The Morgan fingerprint density at radius 1 is 1.22 bits per heavy atom. The van der Waals surface area contributed by atoms with Gasteiger partial charge in [0.25, 0.3) is 0 Å². The minimum absolute atomic E-state index is 0.121. The van der Waals surface area contributed by atoms with Gasteiger partial charge >= 0.3 is 0 Å². The van der Waals surface area contributed by atoms with Gasteiger partial charge in [0.05, 0.1) is 18.4 Å². The molecule has 2 aromatic carbocycles. The van der Waals surface area contributed by atoms with Crippen molar-refractivity contribution in [2.75, 3.05) is 12.9 Å². The van der Waals surface area contributed by atoms with Crippen LogP contribution in [0.2, 0.25) is 0 Å². The molecule has 0 atom stereocenters. The van der Waals surface area contributed by atoms with Crippen molar-refractivity contribution in [1.29, 1.82) is 0 Å². The number of aromatic nitrogens is 2. The lowest BCUT2D eigenvalue weighted by Gasteiger charge is -2.06. The van der Waals surface area contributed by atoms with Crippen LogP contribution in [0.1, 0.15) is 10.4 Å². The molecule has 0 aliphatic carbocycles. The molecular formula is C17H13FN2O2S. The molecule has 0 spiro atoms. The molecule has 4 nitrogen and oxygen atoms in total. The minimum Gasteiger partial charge on any atom is -0.494 e. The maximum atomic E-state index is 13.7. The van der Waals surface area contributed by atoms with Gasteiger partial charge in [-0.05, 0) is 24.3 Å². The summed E-state index contributed by atoms with van der Waals surface area (Å²) in [5.41, 5.74) is 1.14. The second-order valence-corrected chi connectivity index (χ2v) is 5.72. The van der Waals surface area contributed by atoms with Crippen molar-refractivity contribution in [3.8, 4) is 5.75 Å². The van der Waals surface area contributed by atoms with Crippen molar-refractivity contribution in [2.45, 2.75) is 5.03 Å². The Morgan fingerprint density at radius 2 is 2.04 bits per heavy atom. The molecule has 0 saturated carbocycles. The molecule has 0 bridgehead atoms. The van der Waals surface area contributed by atoms with Crippen LogP contribution in [0.3, 0.4) is 0 Å². The molecule has 1 aromatic heterocycles. The van der Waals surface area contributed by atoms with Crippen LogP contribution in [-0.4, -0.2) is 28.6 Å². The smallest absolute Gasteiger partial charge is 0.173 e. The number of Topliss-reactive ketones (excluding diaryl/α,β-unsaturated/α-hetero) is 1. The second kappa shape index (κ2) is 6.75. The maximum Gasteiger partial charge on any atom is 0.173 e. The van der Waals surface area contributed by atoms with E-state index >= 15 is 0 Å². The van der Waals surface area contributed by atoms with E-state index in [0.717, 1.165) is 15.9 Å². The largest absolute Gasteiger partial charge is 0.494 e. The summed E-state index contributed by atoms with van der Waals surface area (Å²) >= 11 is 1.31. The van der Waals surface area contributed by atoms with E-state index < -0.39 is 5.82 Å². The predicted molar refractivity (Wildman–Crippen MR) is 87.5 cm³/mol. The predicted octanol–water partition coefficient (Wildman–Crippen LogP) is 3.75. The Balaban J connectivity index is 1.77. The first kappa shape index (κ1) is 15.4. The third-order valence-corrected chi connectivity index (χ3v) is 4.33. The first-order valence-electron chi connectivity index (χ1n) is 6.88. The van der Waals surface area contributed by atoms with E-state index in [2.05, 4.69) is 9.97 Å². The van der Waals surface area contributed by atoms with Crippen LogP contribution in [0.5, 0.6) is 5.75 Å². The van der Waals surface area contributed by atoms with Gasteiger partial charge in [-0.2, -0.15) is 0 Å². The Labute approximate surface area is 136 Å². The summed E-state index contributed by atoms with van der Waals surface area (Å²) < 4.78 is 18.5. The molecule has 0 amide bonds. The van der Waals surface area contributed by atoms with Crippen LogP contribution < -0.4 is 4.74 Å². The molecule has 6 heteroatoms. The number of methoxy groups -OCH3 is 1. The standard InChI is InChI=1S/C17H13FN2O2S/c1-22-16-7-6-11(8-13(16)18)15(21)9-23-17-12-4-2-3-5-14(12)19-10-20-17/h2-8,10H,9H2,1H3. The van der Waals surface area contributed by atoms with Crippen LogP contribution in [0.25, 0.3) is 10.9 Å². The van der Waals surface area contributed by atoms with Gasteiger partial charge in [0.2, 0.25) is 0 Å². The highest BCUT2D eigenvalue weighted by molar-refractivity contribution is 8.00. The van der Waals surface area contributed by atoms with E-state index in [9.17, 15) is 9.18 Å². The van der Waals surface area contributed by atoms with Gasteiger partial charge in [-0.1, -0.05) is 30.0 Å². The Bertz CT molecular complexity index is 865. The van der Waals surface area contributed by atoms with Crippen molar-refractivity contribution < 1.29 is 13.9 Å². The monoisotopic (exact) mass is 328 g/mol. The molecule has 0 radical (unpaired) electrons. The summed E-state index contributed by atoms with van der Waals surface area (Å²) in [7, 11) is 1.38. The molecule has 3 rings (SSSR count). The molecule has 23 heavy (non-hydrogen) atoms. The number of ketones is 1. The molecule has 3 aromatic rings. The van der Waals surface area contributed by atoms with E-state index in [1.165, 1.54) is 37.3 Å². The van der Waals surface area contributed by atoms with Crippen molar-refractivity contribution >= 4 is 28.4 Å². The van der Waals surface area contributed by atoms with Crippen LogP contribution >= 0.6 is 11.8 Å². The number of para-hydroxylation sites is 1. The third-order valence-electron chi connectivity index (χ3n) is 3.32. The molecule has 0 saturated heterocycles. The van der Waals surface area contributed by atoms with E-state index in [1.54, 1.807) is 6.07 Å². The first-order valence-corrected chi connectivity index (χ1v) is 7.87. The zero-order valence-corrected chi connectivity index (χ0v) is 13.1. The van der Waals surface area contributed by atoms with Gasteiger partial charge in [0.15, 0.2) is 17.3 Å². The van der Waals surface area contributed by atoms with Crippen molar-refractivity contribution in [1.82, 2.24) is 9.97 Å². The number of nitrogens with zero attached hydrogens (tertiary/aromatic N) is 2. The fraction of sp³-hybridized carbons (Fsp3) is 0.118. The number of benzene rings is 2. The summed E-state index contributed by atoms with van der Waals surface area (Å²) in [5.74, 6) is -0.418. The molecular weight excluding hydrogens is 315 g/mol. The Hall–Kier alpha value is -2.47. The minimum atomic E-state index is -0.546. The molecule has 116 valence electrons. The third kappa shape index (κ3) is 3.32. The van der Waals surface area contributed by atoms with Crippen LogP contribution in [-0.2, 0) is 0 Å². The number of ether oxygens (including phenoxy) is 1. The van der Waals surface area contributed by atoms with E-state index in [1.807, 2.05) is 24.3 Å². The first-order chi connectivity index (χ1) is 11.2. The topological polar surface area (TPSA) is 52.1 Å². The zero-order chi connectivity index (χ0) is 16.2. The van der Waals surface area contributed by atoms with Crippen molar-refractivity contribution in [2.24, 2.45) is 0 Å². The Kier molecular flexibility index (Phi) is 4.52. The number of fused-ring (bicyclic) bond motifs is 1. The highest BCUT2D eigenvalue weighted by atomic mass is 32.2. The lowest BCUT2D eigenvalue weighted by molar-refractivity contribution is 0.102. The van der Waals surface area contributed by atoms with Gasteiger partial charge in [-0.3, -0.25) is 4.79 Å². The van der Waals surface area contributed by atoms with Crippen LogP contribution in [0, 0.1) is 5.82 Å². The highest BCUT2D eigenvalue weighted by Crippen LogP contribution is 2.25. The number of halogens is 1. The maximum absolute atomic E-state index is 13.7. The van der Waals surface area contributed by atoms with Crippen LogP contribution in [0.15, 0.2) is 53.8 Å². The number of hydrogen-bond donors (Lipinski definition) is 0. The molecule has 0 aliphatic heterocycles. The SMILES string of the molecule is COc1ccc(C(=O)CSc2ncnc3ccccc23)cc1F. The summed E-state index contributed by atoms with van der Waals surface area (Å²) in [5, 5.41) is 1.63. The second-order valence-electron chi connectivity index (χ2n) is 4.76. The molecule has 0 unspecified atom stereocenters. The number of carbonyl (C=O) groups excluding carboxylic acids is 1. The number of hydrogen-bond acceptors (Lipinski definition) is 5. The fourth-order valence-corrected chi connectivity index (χ4v) is 3.04. The zero-order valence-electron chi connectivity index (χ0n) is 12.3. The molecule has 1 heterocycles. The van der Waals surface area contributed by atoms with Crippen molar-refractivity contribution in [3.05, 3.63) is 60.2 Å². The molecule has 0 fully saturated rings. The summed E-state index contributed by atoms with van der Waals surface area (Å²) in [6, 6.07) is 11.8. The van der Waals surface area contributed by atoms with E-state index in [-0.39, 0.29) is 17.3 Å². The van der Waals surface area contributed by atoms with E-state index in [4.69, 9.17) is 4.74 Å². The number of rotatable bonds is 5. The Morgan fingerprint density at radius 3 is 2.83 bits per heavy atom.